The molecule has 0 radical (unpaired) electrons. The maximum Gasteiger partial charge on any atom is 0.0522 e. The highest BCUT2D eigenvalue weighted by molar-refractivity contribution is 9.10. The molecule has 0 aliphatic rings. The molecule has 1 heterocycles. The Morgan fingerprint density at radius 2 is 2.22 bits per heavy atom. The van der Waals surface area contributed by atoms with Gasteiger partial charge in [-0.05, 0) is 42.2 Å². The zero-order valence-corrected chi connectivity index (χ0v) is 12.1. The molecule has 5 heteroatoms. The van der Waals surface area contributed by atoms with Crippen molar-refractivity contribution in [1.82, 2.24) is 15.2 Å². The number of rotatable bonds is 4. The van der Waals surface area contributed by atoms with Crippen LogP contribution in [0.4, 0.5) is 0 Å². The van der Waals surface area contributed by atoms with E-state index in [0.717, 1.165) is 16.5 Å². The van der Waals surface area contributed by atoms with Gasteiger partial charge in [0.15, 0.2) is 0 Å². The predicted octanol–water partition coefficient (Wildman–Crippen LogP) is 2.24. The van der Waals surface area contributed by atoms with E-state index in [0.29, 0.717) is 0 Å². The fourth-order valence-corrected chi connectivity index (χ4v) is 2.68. The minimum atomic E-state index is 0.0883. The van der Waals surface area contributed by atoms with Gasteiger partial charge < -0.3 is 0 Å². The normalized spacial score (nSPS) is 12.7. The fraction of sp³-hybridized carbons (Fsp3) is 0.308. The van der Waals surface area contributed by atoms with Gasteiger partial charge >= 0.3 is 0 Å². The average Bonchev–Trinajstić information content (AvgIpc) is 2.70. The molecule has 1 atom stereocenters. The van der Waals surface area contributed by atoms with Gasteiger partial charge in [0.25, 0.3) is 0 Å². The summed E-state index contributed by atoms with van der Waals surface area (Å²) >= 11 is 3.51. The van der Waals surface area contributed by atoms with Gasteiger partial charge in [0, 0.05) is 17.7 Å². The lowest BCUT2D eigenvalue weighted by atomic mass is 10.00. The number of nitrogens with one attached hydrogen (secondary N) is 1. The fourth-order valence-electron chi connectivity index (χ4n) is 2.05. The molecule has 2 rings (SSSR count). The number of hydrogen-bond donors (Lipinski definition) is 2. The smallest absolute Gasteiger partial charge is 0.0522 e. The Bertz CT molecular complexity index is 515. The van der Waals surface area contributed by atoms with Gasteiger partial charge in [0.05, 0.1) is 12.2 Å². The summed E-state index contributed by atoms with van der Waals surface area (Å²) in [6.07, 6.45) is 4.70. The highest BCUT2D eigenvalue weighted by Crippen LogP contribution is 2.23. The molecule has 0 saturated heterocycles. The first-order chi connectivity index (χ1) is 8.58. The van der Waals surface area contributed by atoms with E-state index in [9.17, 15) is 0 Å². The second-order valence-corrected chi connectivity index (χ2v) is 5.42. The van der Waals surface area contributed by atoms with Crippen molar-refractivity contribution in [2.75, 3.05) is 0 Å². The zero-order valence-electron chi connectivity index (χ0n) is 10.5. The van der Waals surface area contributed by atoms with E-state index >= 15 is 0 Å². The van der Waals surface area contributed by atoms with E-state index in [1.54, 1.807) is 4.68 Å². The third kappa shape index (κ3) is 3.19. The Labute approximate surface area is 115 Å². The van der Waals surface area contributed by atoms with Crippen molar-refractivity contribution < 1.29 is 0 Å². The highest BCUT2D eigenvalue weighted by Gasteiger charge is 2.12. The molecule has 2 aromatic rings. The number of benzene rings is 1. The summed E-state index contributed by atoms with van der Waals surface area (Å²) in [7, 11) is 1.91. The monoisotopic (exact) mass is 308 g/mol. The van der Waals surface area contributed by atoms with Crippen molar-refractivity contribution in [1.29, 1.82) is 0 Å². The molecule has 0 spiro atoms. The Hall–Kier alpha value is -1.17. The van der Waals surface area contributed by atoms with Crippen LogP contribution in [0.25, 0.3) is 0 Å². The minimum Gasteiger partial charge on any atom is -0.276 e. The predicted molar refractivity (Wildman–Crippen MR) is 75.9 cm³/mol. The lowest BCUT2D eigenvalue weighted by Gasteiger charge is -2.16. The van der Waals surface area contributed by atoms with Crippen LogP contribution in [-0.4, -0.2) is 9.78 Å². The number of nitrogens with zero attached hydrogens (tertiary/aromatic N) is 2. The third-order valence-corrected chi connectivity index (χ3v) is 3.32. The van der Waals surface area contributed by atoms with Crippen LogP contribution in [0.2, 0.25) is 0 Å². The molecule has 1 aromatic carbocycles. The van der Waals surface area contributed by atoms with E-state index in [-0.39, 0.29) is 6.04 Å². The number of nitrogens with two attached hydrogens (primary N) is 1. The van der Waals surface area contributed by atoms with Crippen LogP contribution in [0.3, 0.4) is 0 Å². The maximum absolute atomic E-state index is 5.67. The Morgan fingerprint density at radius 3 is 2.78 bits per heavy atom. The summed E-state index contributed by atoms with van der Waals surface area (Å²) in [6.45, 7) is 2.08. The number of hydrazine groups is 1. The van der Waals surface area contributed by atoms with Gasteiger partial charge in [-0.2, -0.15) is 5.10 Å². The summed E-state index contributed by atoms with van der Waals surface area (Å²) < 4.78 is 2.87. The lowest BCUT2D eigenvalue weighted by molar-refractivity contribution is 0.551. The molecule has 18 heavy (non-hydrogen) atoms. The van der Waals surface area contributed by atoms with Crippen LogP contribution in [0, 0.1) is 6.92 Å². The Morgan fingerprint density at radius 1 is 1.44 bits per heavy atom. The Balaban J connectivity index is 2.22. The molecule has 3 N–H and O–H groups in total. The van der Waals surface area contributed by atoms with Crippen LogP contribution in [0.15, 0.2) is 35.1 Å². The van der Waals surface area contributed by atoms with Crippen LogP contribution < -0.4 is 11.3 Å². The molecular weight excluding hydrogens is 292 g/mol. The van der Waals surface area contributed by atoms with Crippen molar-refractivity contribution >= 4 is 15.9 Å². The molecule has 0 amide bonds. The van der Waals surface area contributed by atoms with Crippen molar-refractivity contribution in [3.05, 3.63) is 51.8 Å². The molecule has 0 aliphatic heterocycles. The maximum atomic E-state index is 5.67. The van der Waals surface area contributed by atoms with E-state index < -0.39 is 0 Å². The highest BCUT2D eigenvalue weighted by atomic mass is 79.9. The third-order valence-electron chi connectivity index (χ3n) is 2.87. The number of aromatic nitrogens is 2. The summed E-state index contributed by atoms with van der Waals surface area (Å²) in [6, 6.07) is 6.41. The van der Waals surface area contributed by atoms with Crippen molar-refractivity contribution in [3.63, 3.8) is 0 Å². The molecule has 0 fully saturated rings. The SMILES string of the molecule is Cc1cc(Br)cc(C(Cc2cnn(C)c2)NN)c1. The summed E-state index contributed by atoms with van der Waals surface area (Å²) in [5, 5.41) is 4.17. The summed E-state index contributed by atoms with van der Waals surface area (Å²) in [5.41, 5.74) is 6.43. The second-order valence-electron chi connectivity index (χ2n) is 4.51. The second kappa shape index (κ2) is 5.65. The molecule has 0 saturated carbocycles. The van der Waals surface area contributed by atoms with E-state index in [1.807, 2.05) is 19.4 Å². The molecular formula is C13H17BrN4. The average molecular weight is 309 g/mol. The number of aryl methyl sites for hydroxylation is 2. The quantitative estimate of drug-likeness (QED) is 0.673. The molecule has 1 aromatic heterocycles. The molecule has 96 valence electrons. The van der Waals surface area contributed by atoms with Crippen LogP contribution in [0.1, 0.15) is 22.7 Å². The van der Waals surface area contributed by atoms with Crippen molar-refractivity contribution in [2.45, 2.75) is 19.4 Å². The first-order valence-corrected chi connectivity index (χ1v) is 6.58. The first-order valence-electron chi connectivity index (χ1n) is 5.79. The molecule has 4 nitrogen and oxygen atoms in total. The van der Waals surface area contributed by atoms with Gasteiger partial charge in [-0.15, -0.1) is 0 Å². The molecule has 1 unspecified atom stereocenters. The van der Waals surface area contributed by atoms with Gasteiger partial charge in [-0.3, -0.25) is 16.0 Å². The van der Waals surface area contributed by atoms with Gasteiger partial charge in [0.1, 0.15) is 0 Å². The van der Waals surface area contributed by atoms with Crippen LogP contribution >= 0.6 is 15.9 Å². The van der Waals surface area contributed by atoms with Crippen LogP contribution in [-0.2, 0) is 13.5 Å². The summed E-state index contributed by atoms with van der Waals surface area (Å²) in [5.74, 6) is 5.67. The van der Waals surface area contributed by atoms with Crippen LogP contribution in [0.5, 0.6) is 0 Å². The lowest BCUT2D eigenvalue weighted by Crippen LogP contribution is -2.29. The summed E-state index contributed by atoms with van der Waals surface area (Å²) in [4.78, 5) is 0. The van der Waals surface area contributed by atoms with E-state index in [2.05, 4.69) is 51.6 Å². The van der Waals surface area contributed by atoms with Gasteiger partial charge in [-0.1, -0.05) is 22.0 Å². The first kappa shape index (κ1) is 13.3. The molecule has 0 aliphatic carbocycles. The van der Waals surface area contributed by atoms with Crippen molar-refractivity contribution in [2.24, 2.45) is 12.9 Å². The van der Waals surface area contributed by atoms with E-state index in [1.165, 1.54) is 11.1 Å². The standard InChI is InChI=1S/C13H17BrN4/c1-9-3-11(6-12(14)4-9)13(17-15)5-10-7-16-18(2)8-10/h3-4,6-8,13,17H,5,15H2,1-2H3. The van der Waals surface area contributed by atoms with Crippen molar-refractivity contribution in [3.8, 4) is 0 Å². The number of hydrogen-bond acceptors (Lipinski definition) is 3. The van der Waals surface area contributed by atoms with Gasteiger partial charge in [-0.25, -0.2) is 0 Å². The number of halogens is 1. The zero-order chi connectivity index (χ0) is 13.1. The minimum absolute atomic E-state index is 0.0883. The molecule has 0 bridgehead atoms. The van der Waals surface area contributed by atoms with E-state index in [4.69, 9.17) is 5.84 Å². The Kier molecular flexibility index (Phi) is 4.16. The van der Waals surface area contributed by atoms with Gasteiger partial charge in [0.2, 0.25) is 0 Å². The topological polar surface area (TPSA) is 55.9 Å². The largest absolute Gasteiger partial charge is 0.276 e.